The Kier molecular flexibility index (Phi) is 8.13. The Bertz CT molecular complexity index is 3650. The number of furan rings is 1. The number of aromatic nitrogens is 3. The monoisotopic (exact) mass is 777 g/mol. The lowest BCUT2D eigenvalue weighted by atomic mass is 9.93. The average molecular weight is 778 g/mol. The molecule has 12 rings (SSSR count). The van der Waals surface area contributed by atoms with Crippen molar-refractivity contribution in [3.05, 3.63) is 212 Å². The second-order valence-electron chi connectivity index (χ2n) is 15.5. The van der Waals surface area contributed by atoms with Gasteiger partial charge in [-0.1, -0.05) is 176 Å². The molecule has 0 atom stereocenters. The summed E-state index contributed by atoms with van der Waals surface area (Å²) in [5.74, 6) is 1.74. The first-order valence-electron chi connectivity index (χ1n) is 20.6. The lowest BCUT2D eigenvalue weighted by molar-refractivity contribution is 0.669. The lowest BCUT2D eigenvalue weighted by Gasteiger charge is -2.14. The molecule has 0 aliphatic rings. The Morgan fingerprint density at radius 3 is 1.66 bits per heavy atom. The molecule has 0 radical (unpaired) electrons. The maximum Gasteiger partial charge on any atom is 0.167 e. The third-order valence-corrected chi connectivity index (χ3v) is 11.9. The molecular formula is C57H35N3O. The van der Waals surface area contributed by atoms with Gasteiger partial charge in [0.15, 0.2) is 17.5 Å². The second-order valence-corrected chi connectivity index (χ2v) is 15.5. The van der Waals surface area contributed by atoms with E-state index in [0.717, 1.165) is 71.7 Å². The van der Waals surface area contributed by atoms with Crippen LogP contribution in [0.5, 0.6) is 0 Å². The zero-order chi connectivity index (χ0) is 40.3. The molecule has 2 aromatic heterocycles. The molecule has 0 unspecified atom stereocenters. The van der Waals surface area contributed by atoms with Crippen LogP contribution in [-0.2, 0) is 0 Å². The molecule has 0 aliphatic heterocycles. The Balaban J connectivity index is 1.02. The Labute approximate surface area is 352 Å². The highest BCUT2D eigenvalue weighted by Gasteiger charge is 2.20. The predicted molar refractivity (Wildman–Crippen MR) is 252 cm³/mol. The van der Waals surface area contributed by atoms with Gasteiger partial charge in [-0.15, -0.1) is 0 Å². The molecule has 12 aromatic rings. The molecule has 0 spiro atoms. The van der Waals surface area contributed by atoms with Gasteiger partial charge in [0.1, 0.15) is 11.2 Å². The number of para-hydroxylation sites is 2. The summed E-state index contributed by atoms with van der Waals surface area (Å²) in [6.07, 6.45) is 0. The van der Waals surface area contributed by atoms with E-state index in [1.54, 1.807) is 0 Å². The average Bonchev–Trinajstić information content (AvgIpc) is 3.72. The van der Waals surface area contributed by atoms with E-state index in [-0.39, 0.29) is 0 Å². The summed E-state index contributed by atoms with van der Waals surface area (Å²) in [6.45, 7) is 0. The van der Waals surface area contributed by atoms with Crippen molar-refractivity contribution in [2.75, 3.05) is 0 Å². The van der Waals surface area contributed by atoms with Crippen LogP contribution in [0.15, 0.2) is 217 Å². The van der Waals surface area contributed by atoms with E-state index in [1.165, 1.54) is 32.7 Å². The van der Waals surface area contributed by atoms with Crippen LogP contribution in [-0.4, -0.2) is 15.0 Å². The molecule has 0 amide bonds. The van der Waals surface area contributed by atoms with Crippen LogP contribution in [0, 0.1) is 0 Å². The van der Waals surface area contributed by atoms with Crippen LogP contribution in [0.25, 0.3) is 122 Å². The van der Waals surface area contributed by atoms with Crippen LogP contribution < -0.4 is 0 Å². The van der Waals surface area contributed by atoms with Crippen LogP contribution in [0.4, 0.5) is 0 Å². The van der Waals surface area contributed by atoms with E-state index >= 15 is 0 Å². The van der Waals surface area contributed by atoms with Crippen LogP contribution in [0.3, 0.4) is 0 Å². The highest BCUT2D eigenvalue weighted by Crippen LogP contribution is 2.40. The van der Waals surface area contributed by atoms with Crippen LogP contribution >= 0.6 is 0 Å². The lowest BCUT2D eigenvalue weighted by Crippen LogP contribution is -2.01. The van der Waals surface area contributed by atoms with Crippen molar-refractivity contribution in [1.29, 1.82) is 0 Å². The maximum absolute atomic E-state index is 6.53. The van der Waals surface area contributed by atoms with Gasteiger partial charge in [-0.25, -0.2) is 15.0 Å². The van der Waals surface area contributed by atoms with Gasteiger partial charge in [-0.05, 0) is 102 Å². The van der Waals surface area contributed by atoms with Crippen LogP contribution in [0.1, 0.15) is 0 Å². The topological polar surface area (TPSA) is 51.8 Å². The molecular weight excluding hydrogens is 743 g/mol. The van der Waals surface area contributed by atoms with Gasteiger partial charge in [0.25, 0.3) is 0 Å². The van der Waals surface area contributed by atoms with Crippen molar-refractivity contribution >= 4 is 54.3 Å². The number of rotatable bonds is 6. The molecule has 0 N–H and O–H groups in total. The van der Waals surface area contributed by atoms with Crippen molar-refractivity contribution in [2.45, 2.75) is 0 Å². The van der Waals surface area contributed by atoms with Gasteiger partial charge in [-0.3, -0.25) is 0 Å². The first kappa shape index (κ1) is 34.8. The Morgan fingerprint density at radius 1 is 0.262 bits per heavy atom. The van der Waals surface area contributed by atoms with Gasteiger partial charge in [0.2, 0.25) is 0 Å². The molecule has 4 heteroatoms. The summed E-state index contributed by atoms with van der Waals surface area (Å²) in [7, 11) is 0. The molecule has 0 saturated heterocycles. The second kappa shape index (κ2) is 14.3. The summed E-state index contributed by atoms with van der Waals surface area (Å²) in [5.41, 5.74) is 11.2. The van der Waals surface area contributed by atoms with E-state index in [4.69, 9.17) is 19.4 Å². The van der Waals surface area contributed by atoms with E-state index in [0.29, 0.717) is 17.5 Å². The highest BCUT2D eigenvalue weighted by molar-refractivity contribution is 6.10. The van der Waals surface area contributed by atoms with E-state index < -0.39 is 0 Å². The third-order valence-electron chi connectivity index (χ3n) is 11.9. The SMILES string of the molecule is c1ccc(-c2cc(-c3ccc(-c4nc(-c5ccc(-c6ccc7ccccc7c6)c6ccccc56)nc(-c5cccc6c5oc5ccccc56)n4)cc3)cc3ccccc23)cc1. The molecule has 284 valence electrons. The van der Waals surface area contributed by atoms with E-state index in [2.05, 4.69) is 188 Å². The first-order chi connectivity index (χ1) is 30.2. The molecule has 0 fully saturated rings. The first-order valence-corrected chi connectivity index (χ1v) is 20.6. The molecule has 0 bridgehead atoms. The number of benzene rings is 10. The zero-order valence-electron chi connectivity index (χ0n) is 33.0. The van der Waals surface area contributed by atoms with Gasteiger partial charge in [0, 0.05) is 21.9 Å². The fourth-order valence-corrected chi connectivity index (χ4v) is 8.92. The van der Waals surface area contributed by atoms with Crippen molar-refractivity contribution in [1.82, 2.24) is 15.0 Å². The number of fused-ring (bicyclic) bond motifs is 6. The summed E-state index contributed by atoms with van der Waals surface area (Å²) in [6, 6.07) is 74.8. The quantitative estimate of drug-likeness (QED) is 0.169. The minimum Gasteiger partial charge on any atom is -0.455 e. The van der Waals surface area contributed by atoms with Gasteiger partial charge in [-0.2, -0.15) is 0 Å². The van der Waals surface area contributed by atoms with Crippen molar-refractivity contribution < 1.29 is 4.42 Å². The fourth-order valence-electron chi connectivity index (χ4n) is 8.92. The van der Waals surface area contributed by atoms with Gasteiger partial charge < -0.3 is 4.42 Å². The predicted octanol–water partition coefficient (Wildman–Crippen LogP) is 15.2. The fraction of sp³-hybridized carbons (Fsp3) is 0. The molecule has 10 aromatic carbocycles. The zero-order valence-corrected chi connectivity index (χ0v) is 33.0. The highest BCUT2D eigenvalue weighted by atomic mass is 16.3. The Morgan fingerprint density at radius 2 is 0.836 bits per heavy atom. The number of hydrogen-bond acceptors (Lipinski definition) is 4. The van der Waals surface area contributed by atoms with Crippen molar-refractivity contribution in [2.24, 2.45) is 0 Å². The minimum atomic E-state index is 0.554. The molecule has 0 saturated carbocycles. The smallest absolute Gasteiger partial charge is 0.167 e. The van der Waals surface area contributed by atoms with Gasteiger partial charge in [0.05, 0.1) is 5.56 Å². The minimum absolute atomic E-state index is 0.554. The number of nitrogens with zero attached hydrogens (tertiary/aromatic N) is 3. The van der Waals surface area contributed by atoms with Crippen LogP contribution in [0.2, 0.25) is 0 Å². The van der Waals surface area contributed by atoms with Crippen molar-refractivity contribution in [3.63, 3.8) is 0 Å². The molecule has 2 heterocycles. The summed E-state index contributed by atoms with van der Waals surface area (Å²) < 4.78 is 6.53. The standard InChI is InChI=1S/C57H35N3O/c1-2-14-38(15-3-1)52-35-43(34-41-17-6-7-18-44(41)52)37-25-28-39(29-26-37)55-58-56(60-57(59-55)51-23-12-22-49-48-21-10-11-24-53(48)61-54(49)51)50-32-31-45(46-19-8-9-20-47(46)50)42-30-27-36-13-4-5-16-40(36)33-42/h1-35H. The largest absolute Gasteiger partial charge is 0.455 e. The van der Waals surface area contributed by atoms with E-state index in [9.17, 15) is 0 Å². The third kappa shape index (κ3) is 6.04. The van der Waals surface area contributed by atoms with E-state index in [1.807, 2.05) is 24.3 Å². The molecule has 61 heavy (non-hydrogen) atoms. The molecule has 0 aliphatic carbocycles. The van der Waals surface area contributed by atoms with Gasteiger partial charge >= 0.3 is 0 Å². The molecule has 4 nitrogen and oxygen atoms in total. The maximum atomic E-state index is 6.53. The Hall–Kier alpha value is -8.21. The summed E-state index contributed by atoms with van der Waals surface area (Å²) >= 11 is 0. The normalized spacial score (nSPS) is 11.6. The number of hydrogen-bond donors (Lipinski definition) is 0. The van der Waals surface area contributed by atoms with Crippen molar-refractivity contribution in [3.8, 4) is 67.5 Å². The summed E-state index contributed by atoms with van der Waals surface area (Å²) in [5, 5.41) is 9.15. The summed E-state index contributed by atoms with van der Waals surface area (Å²) in [4.78, 5) is 15.7.